The average Bonchev–Trinajstić information content (AvgIpc) is 2.75. The molecule has 1 amide bonds. The van der Waals surface area contributed by atoms with Crippen LogP contribution in [0.4, 0.5) is 4.79 Å². The molecule has 3 nitrogen and oxygen atoms in total. The van der Waals surface area contributed by atoms with Crippen molar-refractivity contribution in [3.63, 3.8) is 0 Å². The first-order chi connectivity index (χ1) is 9.29. The molecule has 0 saturated carbocycles. The Morgan fingerprint density at radius 3 is 3.05 bits per heavy atom. The molecule has 1 rings (SSSR count). The van der Waals surface area contributed by atoms with Crippen LogP contribution in [-0.4, -0.2) is 23.6 Å². The molecular weight excluding hydrogens is 238 g/mol. The SMILES string of the molecule is C=C/C=C/C[C@@H]1COC(=O)N1C#CCCCCCC. The van der Waals surface area contributed by atoms with Crippen molar-refractivity contribution in [2.75, 3.05) is 6.61 Å². The molecule has 19 heavy (non-hydrogen) atoms. The van der Waals surface area contributed by atoms with Crippen LogP contribution in [0.1, 0.15) is 45.4 Å². The normalized spacial score (nSPS) is 18.3. The average molecular weight is 261 g/mol. The lowest BCUT2D eigenvalue weighted by Gasteiger charge is -2.11. The number of nitrogens with zero attached hydrogens (tertiary/aromatic N) is 1. The van der Waals surface area contributed by atoms with Gasteiger partial charge in [-0.3, -0.25) is 0 Å². The largest absolute Gasteiger partial charge is 0.446 e. The van der Waals surface area contributed by atoms with Crippen LogP contribution in [0, 0.1) is 12.0 Å². The Kier molecular flexibility index (Phi) is 7.50. The van der Waals surface area contributed by atoms with Crippen molar-refractivity contribution < 1.29 is 9.53 Å². The molecule has 1 fully saturated rings. The number of unbranched alkanes of at least 4 members (excludes halogenated alkanes) is 4. The Morgan fingerprint density at radius 1 is 1.47 bits per heavy atom. The summed E-state index contributed by atoms with van der Waals surface area (Å²) in [4.78, 5) is 13.1. The third-order valence-electron chi connectivity index (χ3n) is 3.00. The van der Waals surface area contributed by atoms with E-state index in [0.29, 0.717) is 6.61 Å². The zero-order chi connectivity index (χ0) is 13.9. The van der Waals surface area contributed by atoms with Gasteiger partial charge in [0.2, 0.25) is 0 Å². The summed E-state index contributed by atoms with van der Waals surface area (Å²) in [5, 5.41) is 0. The summed E-state index contributed by atoms with van der Waals surface area (Å²) in [5.41, 5.74) is 0. The highest BCUT2D eigenvalue weighted by Gasteiger charge is 2.30. The van der Waals surface area contributed by atoms with E-state index in [1.54, 1.807) is 6.08 Å². The van der Waals surface area contributed by atoms with Crippen LogP contribution >= 0.6 is 0 Å². The molecule has 0 unspecified atom stereocenters. The molecular formula is C16H23NO2. The Hall–Kier alpha value is -1.69. The minimum Gasteiger partial charge on any atom is -0.446 e. The van der Waals surface area contributed by atoms with Crippen molar-refractivity contribution in [1.82, 2.24) is 4.90 Å². The Labute approximate surface area is 116 Å². The van der Waals surface area contributed by atoms with Crippen LogP contribution < -0.4 is 0 Å². The van der Waals surface area contributed by atoms with Gasteiger partial charge in [-0.15, -0.1) is 0 Å². The molecule has 0 spiro atoms. The number of amides is 1. The summed E-state index contributed by atoms with van der Waals surface area (Å²) in [6.07, 6.45) is 11.6. The highest BCUT2D eigenvalue weighted by molar-refractivity contribution is 5.72. The summed E-state index contributed by atoms with van der Waals surface area (Å²) in [7, 11) is 0. The monoisotopic (exact) mass is 261 g/mol. The summed E-state index contributed by atoms with van der Waals surface area (Å²) in [5.74, 6) is 3.07. The molecule has 1 saturated heterocycles. The van der Waals surface area contributed by atoms with E-state index in [9.17, 15) is 4.79 Å². The molecule has 0 bridgehead atoms. The van der Waals surface area contributed by atoms with Crippen molar-refractivity contribution in [3.05, 3.63) is 24.8 Å². The van der Waals surface area contributed by atoms with Gasteiger partial charge in [0.1, 0.15) is 6.61 Å². The van der Waals surface area contributed by atoms with E-state index in [4.69, 9.17) is 4.74 Å². The molecule has 0 aromatic heterocycles. The van der Waals surface area contributed by atoms with E-state index in [0.717, 1.165) is 19.3 Å². The first kappa shape index (κ1) is 15.4. The maximum Gasteiger partial charge on any atom is 0.422 e. The van der Waals surface area contributed by atoms with Crippen molar-refractivity contribution in [2.45, 2.75) is 51.5 Å². The lowest BCUT2D eigenvalue weighted by molar-refractivity contribution is 0.167. The molecule has 0 aromatic carbocycles. The Bertz CT molecular complexity index is 376. The maximum absolute atomic E-state index is 11.5. The number of carbonyl (C=O) groups excluding carboxylic acids is 1. The predicted octanol–water partition coefficient (Wildman–Crippen LogP) is 3.87. The van der Waals surface area contributed by atoms with Gasteiger partial charge in [-0.1, -0.05) is 56.9 Å². The van der Waals surface area contributed by atoms with Crippen LogP contribution in [0.3, 0.4) is 0 Å². The topological polar surface area (TPSA) is 29.5 Å². The highest BCUT2D eigenvalue weighted by Crippen LogP contribution is 2.14. The summed E-state index contributed by atoms with van der Waals surface area (Å²) in [6.45, 7) is 6.23. The number of carbonyl (C=O) groups is 1. The standard InChI is InChI=1S/C16H23NO2/c1-3-5-7-8-9-11-13-17-15(12-10-6-4-2)14-19-16(17)18/h4,6,10,15H,2-3,5,7-9,12,14H2,1H3/b10-6+/t15-/m1/s1. The van der Waals surface area contributed by atoms with E-state index in [-0.39, 0.29) is 12.1 Å². The highest BCUT2D eigenvalue weighted by atomic mass is 16.6. The molecule has 0 N–H and O–H groups in total. The van der Waals surface area contributed by atoms with Gasteiger partial charge < -0.3 is 4.74 Å². The first-order valence-electron chi connectivity index (χ1n) is 7.01. The van der Waals surface area contributed by atoms with Gasteiger partial charge in [0.25, 0.3) is 0 Å². The van der Waals surface area contributed by atoms with Crippen molar-refractivity contribution in [1.29, 1.82) is 0 Å². The van der Waals surface area contributed by atoms with Crippen molar-refractivity contribution in [2.24, 2.45) is 0 Å². The number of cyclic esters (lactones) is 1. The minimum atomic E-state index is -0.321. The second kappa shape index (κ2) is 9.27. The fourth-order valence-corrected chi connectivity index (χ4v) is 1.88. The van der Waals surface area contributed by atoms with Gasteiger partial charge in [0, 0.05) is 12.5 Å². The van der Waals surface area contributed by atoms with E-state index in [1.807, 2.05) is 12.2 Å². The van der Waals surface area contributed by atoms with Crippen molar-refractivity contribution in [3.8, 4) is 12.0 Å². The molecule has 0 aliphatic carbocycles. The number of hydrogen-bond acceptors (Lipinski definition) is 2. The first-order valence-corrected chi connectivity index (χ1v) is 7.01. The smallest absolute Gasteiger partial charge is 0.422 e. The van der Waals surface area contributed by atoms with Crippen LogP contribution in [0.2, 0.25) is 0 Å². The molecule has 1 aliphatic heterocycles. The summed E-state index contributed by atoms with van der Waals surface area (Å²) >= 11 is 0. The van der Waals surface area contributed by atoms with Gasteiger partial charge in [-0.05, 0) is 12.8 Å². The zero-order valence-electron chi connectivity index (χ0n) is 11.7. The van der Waals surface area contributed by atoms with Crippen molar-refractivity contribution >= 4 is 6.09 Å². The Morgan fingerprint density at radius 2 is 2.32 bits per heavy atom. The second-order valence-corrected chi connectivity index (χ2v) is 4.60. The van der Waals surface area contributed by atoms with E-state index in [1.165, 1.54) is 24.2 Å². The molecule has 104 valence electrons. The zero-order valence-corrected chi connectivity index (χ0v) is 11.7. The lowest BCUT2D eigenvalue weighted by atomic mass is 10.1. The Balaban J connectivity index is 2.39. The summed E-state index contributed by atoms with van der Waals surface area (Å²) < 4.78 is 5.03. The molecule has 3 heteroatoms. The third-order valence-corrected chi connectivity index (χ3v) is 3.00. The molecule has 0 radical (unpaired) electrons. The third kappa shape index (κ3) is 5.65. The van der Waals surface area contributed by atoms with Gasteiger partial charge in [-0.25, -0.2) is 9.69 Å². The van der Waals surface area contributed by atoms with Crippen LogP contribution in [0.5, 0.6) is 0 Å². The van der Waals surface area contributed by atoms with E-state index >= 15 is 0 Å². The van der Waals surface area contributed by atoms with E-state index in [2.05, 4.69) is 25.5 Å². The number of hydrogen-bond donors (Lipinski definition) is 0. The van der Waals surface area contributed by atoms with Crippen LogP contribution in [0.15, 0.2) is 24.8 Å². The second-order valence-electron chi connectivity index (χ2n) is 4.60. The quantitative estimate of drug-likeness (QED) is 0.395. The van der Waals surface area contributed by atoms with Gasteiger partial charge >= 0.3 is 6.09 Å². The number of allylic oxidation sites excluding steroid dienone is 2. The van der Waals surface area contributed by atoms with E-state index < -0.39 is 0 Å². The predicted molar refractivity (Wildman–Crippen MR) is 77.5 cm³/mol. The van der Waals surface area contributed by atoms with Gasteiger partial charge in [-0.2, -0.15) is 0 Å². The fraction of sp³-hybridized carbons (Fsp3) is 0.562. The van der Waals surface area contributed by atoms with Gasteiger partial charge in [0.15, 0.2) is 0 Å². The molecule has 0 aromatic rings. The maximum atomic E-state index is 11.5. The number of ether oxygens (including phenoxy) is 1. The van der Waals surface area contributed by atoms with Crippen LogP contribution in [-0.2, 0) is 4.74 Å². The molecule has 1 heterocycles. The minimum absolute atomic E-state index is 0.0341. The fourth-order valence-electron chi connectivity index (χ4n) is 1.88. The van der Waals surface area contributed by atoms with Gasteiger partial charge in [0.05, 0.1) is 6.04 Å². The van der Waals surface area contributed by atoms with Crippen LogP contribution in [0.25, 0.3) is 0 Å². The molecule has 1 atom stereocenters. The lowest BCUT2D eigenvalue weighted by Crippen LogP contribution is -2.28. The summed E-state index contributed by atoms with van der Waals surface area (Å²) in [6, 6.07) is 2.97. The number of rotatable bonds is 7. The molecule has 1 aliphatic rings.